The zero-order valence-corrected chi connectivity index (χ0v) is 11.9. The second-order valence-corrected chi connectivity index (χ2v) is 6.56. The van der Waals surface area contributed by atoms with Gasteiger partial charge < -0.3 is 0 Å². The summed E-state index contributed by atoms with van der Waals surface area (Å²) in [6.45, 7) is 0. The van der Waals surface area contributed by atoms with E-state index in [2.05, 4.69) is 15.9 Å². The van der Waals surface area contributed by atoms with Gasteiger partial charge in [0.2, 0.25) is 9.84 Å². The fourth-order valence-electron chi connectivity index (χ4n) is 1.61. The van der Waals surface area contributed by atoms with Crippen LogP contribution in [0.3, 0.4) is 0 Å². The Morgan fingerprint density at radius 2 is 1.68 bits per heavy atom. The zero-order valence-electron chi connectivity index (χ0n) is 9.51. The highest BCUT2D eigenvalue weighted by Gasteiger charge is 2.22. The molecule has 0 amide bonds. The number of hydrogen-bond donors (Lipinski definition) is 0. The maximum Gasteiger partial charge on any atom is 0.207 e. The molecule has 0 fully saturated rings. The van der Waals surface area contributed by atoms with Crippen LogP contribution < -0.4 is 0 Å². The molecule has 3 nitrogen and oxygen atoms in total. The minimum Gasteiger partial charge on any atom is -0.298 e. The minimum atomic E-state index is -3.91. The Kier molecular flexibility index (Phi) is 3.82. The summed E-state index contributed by atoms with van der Waals surface area (Å²) in [7, 11) is -3.91. The molecule has 6 heteroatoms. The zero-order chi connectivity index (χ0) is 14.0. The number of halogens is 2. The lowest BCUT2D eigenvalue weighted by atomic mass is 10.2. The Morgan fingerprint density at radius 3 is 2.26 bits per heavy atom. The van der Waals surface area contributed by atoms with Crippen molar-refractivity contribution in [2.24, 2.45) is 0 Å². The van der Waals surface area contributed by atoms with E-state index in [0.717, 1.165) is 10.5 Å². The molecule has 0 bridgehead atoms. The summed E-state index contributed by atoms with van der Waals surface area (Å²) >= 11 is 3.20. The monoisotopic (exact) mass is 342 g/mol. The quantitative estimate of drug-likeness (QED) is 0.804. The molecule has 0 heterocycles. The highest BCUT2D eigenvalue weighted by atomic mass is 79.9. The van der Waals surface area contributed by atoms with Crippen LogP contribution in [0.2, 0.25) is 0 Å². The molecule has 2 aromatic carbocycles. The fraction of sp³-hybridized carbons (Fsp3) is 0. The lowest BCUT2D eigenvalue weighted by molar-refractivity contribution is 0.111. The third-order valence-corrected chi connectivity index (χ3v) is 4.90. The van der Waals surface area contributed by atoms with Gasteiger partial charge in [-0.15, -0.1) is 0 Å². The standard InChI is InChI=1S/C13H8BrFO3S/c14-9-4-6-10(7-5-9)19(17,18)13-3-1-2-12(15)11(13)8-16/h1-8H. The van der Waals surface area contributed by atoms with Gasteiger partial charge in [-0.2, -0.15) is 0 Å². The van der Waals surface area contributed by atoms with E-state index in [4.69, 9.17) is 0 Å². The van der Waals surface area contributed by atoms with E-state index in [1.165, 1.54) is 24.3 Å². The van der Waals surface area contributed by atoms with Gasteiger partial charge in [-0.05, 0) is 36.4 Å². The van der Waals surface area contributed by atoms with Gasteiger partial charge >= 0.3 is 0 Å². The summed E-state index contributed by atoms with van der Waals surface area (Å²) in [6, 6.07) is 9.42. The molecule has 0 atom stereocenters. The molecule has 2 aromatic rings. The fourth-order valence-corrected chi connectivity index (χ4v) is 3.31. The highest BCUT2D eigenvalue weighted by Crippen LogP contribution is 2.25. The largest absolute Gasteiger partial charge is 0.298 e. The number of carbonyl (C=O) groups is 1. The molecule has 0 aromatic heterocycles. The number of hydrogen-bond acceptors (Lipinski definition) is 3. The summed E-state index contributed by atoms with van der Waals surface area (Å²) in [4.78, 5) is 10.5. The molecular weight excluding hydrogens is 335 g/mol. The van der Waals surface area contributed by atoms with Crippen LogP contribution in [0.25, 0.3) is 0 Å². The Labute approximate surface area is 118 Å². The van der Waals surface area contributed by atoms with E-state index in [1.54, 1.807) is 12.1 Å². The van der Waals surface area contributed by atoms with Crippen LogP contribution in [0.4, 0.5) is 4.39 Å². The van der Waals surface area contributed by atoms with Gasteiger partial charge in [-0.1, -0.05) is 22.0 Å². The summed E-state index contributed by atoms with van der Waals surface area (Å²) in [5, 5.41) is 0. The second-order valence-electron chi connectivity index (χ2n) is 3.73. The molecule has 0 saturated heterocycles. The first-order chi connectivity index (χ1) is 8.96. The maximum absolute atomic E-state index is 13.5. The number of aldehydes is 1. The minimum absolute atomic E-state index is 0.00407. The molecule has 98 valence electrons. The topological polar surface area (TPSA) is 51.2 Å². The molecule has 0 aliphatic rings. The van der Waals surface area contributed by atoms with Crippen molar-refractivity contribution in [3.8, 4) is 0 Å². The van der Waals surface area contributed by atoms with Gasteiger partial charge in [0.1, 0.15) is 5.82 Å². The van der Waals surface area contributed by atoms with Crippen molar-refractivity contribution in [3.05, 3.63) is 58.3 Å². The van der Waals surface area contributed by atoms with E-state index in [9.17, 15) is 17.6 Å². The Balaban J connectivity index is 2.67. The van der Waals surface area contributed by atoms with E-state index < -0.39 is 21.2 Å². The first-order valence-corrected chi connectivity index (χ1v) is 7.49. The van der Waals surface area contributed by atoms with E-state index >= 15 is 0 Å². The first-order valence-electron chi connectivity index (χ1n) is 5.21. The second kappa shape index (κ2) is 5.22. The summed E-state index contributed by atoms with van der Waals surface area (Å²) in [5.74, 6) is -0.854. The SMILES string of the molecule is O=Cc1c(F)cccc1S(=O)(=O)c1ccc(Br)cc1. The van der Waals surface area contributed by atoms with Crippen LogP contribution in [0.1, 0.15) is 10.4 Å². The van der Waals surface area contributed by atoms with Crippen molar-refractivity contribution in [3.63, 3.8) is 0 Å². The van der Waals surface area contributed by atoms with Gasteiger partial charge in [0.15, 0.2) is 6.29 Å². The smallest absolute Gasteiger partial charge is 0.207 e. The Bertz CT molecular complexity index is 724. The molecule has 2 rings (SSSR count). The normalized spacial score (nSPS) is 11.3. The van der Waals surface area contributed by atoms with Crippen molar-refractivity contribution in [2.45, 2.75) is 9.79 Å². The predicted octanol–water partition coefficient (Wildman–Crippen LogP) is 3.23. The van der Waals surface area contributed by atoms with Crippen LogP contribution in [-0.2, 0) is 9.84 Å². The van der Waals surface area contributed by atoms with E-state index in [-0.39, 0.29) is 16.1 Å². The third-order valence-electron chi connectivity index (χ3n) is 2.54. The molecule has 0 aliphatic heterocycles. The van der Waals surface area contributed by atoms with Crippen molar-refractivity contribution in [2.75, 3.05) is 0 Å². The van der Waals surface area contributed by atoms with E-state index in [1.807, 2.05) is 0 Å². The molecule has 0 N–H and O–H groups in total. The van der Waals surface area contributed by atoms with Crippen molar-refractivity contribution in [1.82, 2.24) is 0 Å². The Hall–Kier alpha value is -1.53. The predicted molar refractivity (Wildman–Crippen MR) is 71.4 cm³/mol. The van der Waals surface area contributed by atoms with Gasteiger partial charge in [0.25, 0.3) is 0 Å². The molecule has 0 saturated carbocycles. The summed E-state index contributed by atoms with van der Waals surface area (Å²) in [5.41, 5.74) is -0.453. The van der Waals surface area contributed by atoms with Crippen LogP contribution in [0.5, 0.6) is 0 Å². The van der Waals surface area contributed by atoms with Crippen molar-refractivity contribution < 1.29 is 17.6 Å². The van der Waals surface area contributed by atoms with Gasteiger partial charge in [-0.3, -0.25) is 4.79 Å². The van der Waals surface area contributed by atoms with Crippen molar-refractivity contribution >= 4 is 32.1 Å². The average molecular weight is 343 g/mol. The van der Waals surface area contributed by atoms with Crippen molar-refractivity contribution in [1.29, 1.82) is 0 Å². The van der Waals surface area contributed by atoms with Crippen LogP contribution in [0.15, 0.2) is 56.7 Å². The molecule has 0 radical (unpaired) electrons. The van der Waals surface area contributed by atoms with Crippen LogP contribution in [-0.4, -0.2) is 14.7 Å². The molecule has 0 spiro atoms. The number of sulfone groups is 1. The lowest BCUT2D eigenvalue weighted by Crippen LogP contribution is -2.07. The third kappa shape index (κ3) is 2.59. The lowest BCUT2D eigenvalue weighted by Gasteiger charge is -2.07. The van der Waals surface area contributed by atoms with Gasteiger partial charge in [0, 0.05) is 4.47 Å². The number of carbonyl (C=O) groups excluding carboxylic acids is 1. The molecule has 0 unspecified atom stereocenters. The first kappa shape index (κ1) is 13.9. The van der Waals surface area contributed by atoms with Gasteiger partial charge in [-0.25, -0.2) is 12.8 Å². The molecule has 0 aliphatic carbocycles. The highest BCUT2D eigenvalue weighted by molar-refractivity contribution is 9.10. The van der Waals surface area contributed by atoms with Gasteiger partial charge in [0.05, 0.1) is 15.4 Å². The summed E-state index contributed by atoms with van der Waals surface area (Å²) < 4.78 is 38.9. The Morgan fingerprint density at radius 1 is 1.05 bits per heavy atom. The number of rotatable bonds is 3. The van der Waals surface area contributed by atoms with Crippen LogP contribution in [0, 0.1) is 5.82 Å². The summed E-state index contributed by atoms with van der Waals surface area (Å²) in [6.07, 6.45) is 0.209. The maximum atomic E-state index is 13.5. The molecular formula is C13H8BrFO3S. The number of benzene rings is 2. The average Bonchev–Trinajstić information content (AvgIpc) is 2.39. The van der Waals surface area contributed by atoms with E-state index in [0.29, 0.717) is 0 Å². The molecule has 19 heavy (non-hydrogen) atoms. The van der Waals surface area contributed by atoms with Crippen LogP contribution >= 0.6 is 15.9 Å².